The first kappa shape index (κ1) is 11.5. The third-order valence-corrected chi connectivity index (χ3v) is 4.84. The van der Waals surface area contributed by atoms with Gasteiger partial charge in [-0.15, -0.1) is 0 Å². The molecule has 1 radical (unpaired) electrons. The third kappa shape index (κ3) is 2.98. The molecule has 0 saturated heterocycles. The second-order valence-corrected chi connectivity index (χ2v) is 5.75. The van der Waals surface area contributed by atoms with Gasteiger partial charge in [0.25, 0.3) is 0 Å². The molecule has 0 spiro atoms. The van der Waals surface area contributed by atoms with Gasteiger partial charge in [0.2, 0.25) is 0 Å². The Morgan fingerprint density at radius 2 is 1.13 bits per heavy atom. The summed E-state index contributed by atoms with van der Waals surface area (Å²) < 4.78 is 0. The summed E-state index contributed by atoms with van der Waals surface area (Å²) in [6, 6.07) is 0. The molecule has 0 unspecified atom stereocenters. The van der Waals surface area contributed by atoms with E-state index < -0.39 is 0 Å². The molecular formula is C15H27. The Morgan fingerprint density at radius 3 is 1.47 bits per heavy atom. The van der Waals surface area contributed by atoms with Crippen LogP contribution in [-0.4, -0.2) is 0 Å². The highest BCUT2D eigenvalue weighted by molar-refractivity contribution is 4.82. The molecule has 0 aromatic heterocycles. The van der Waals surface area contributed by atoms with E-state index in [0.29, 0.717) is 0 Å². The first-order valence-corrected chi connectivity index (χ1v) is 7.21. The summed E-state index contributed by atoms with van der Waals surface area (Å²) in [5.41, 5.74) is 0. The molecule has 2 fully saturated rings. The molecule has 2 saturated carbocycles. The molecule has 0 nitrogen and oxygen atoms in total. The lowest BCUT2D eigenvalue weighted by atomic mass is 9.69. The minimum atomic E-state index is 0.977. The Labute approximate surface area is 95.8 Å². The average Bonchev–Trinajstić information content (AvgIpc) is 2.33. The zero-order valence-corrected chi connectivity index (χ0v) is 10.2. The van der Waals surface area contributed by atoms with Crippen molar-refractivity contribution in [1.29, 1.82) is 0 Å². The van der Waals surface area contributed by atoms with Gasteiger partial charge in [-0.05, 0) is 24.2 Å². The van der Waals surface area contributed by atoms with Crippen molar-refractivity contribution in [2.45, 2.75) is 70.6 Å². The maximum atomic E-state index is 4.24. The fourth-order valence-corrected chi connectivity index (χ4v) is 3.98. The van der Waals surface area contributed by atoms with Crippen LogP contribution in [0.15, 0.2) is 0 Å². The van der Waals surface area contributed by atoms with Crippen LogP contribution in [0.3, 0.4) is 0 Å². The number of rotatable bonds is 3. The summed E-state index contributed by atoms with van der Waals surface area (Å²) in [6.45, 7) is 4.24. The van der Waals surface area contributed by atoms with Crippen LogP contribution in [0.25, 0.3) is 0 Å². The maximum absolute atomic E-state index is 4.24. The molecule has 0 aromatic carbocycles. The minimum Gasteiger partial charge on any atom is -0.0533 e. The van der Waals surface area contributed by atoms with Gasteiger partial charge in [0.15, 0.2) is 0 Å². The third-order valence-electron chi connectivity index (χ3n) is 4.84. The van der Waals surface area contributed by atoms with E-state index in [1.165, 1.54) is 70.6 Å². The van der Waals surface area contributed by atoms with E-state index in [-0.39, 0.29) is 0 Å². The van der Waals surface area contributed by atoms with Crippen LogP contribution in [0, 0.1) is 24.7 Å². The molecule has 0 aliphatic heterocycles. The quantitative estimate of drug-likeness (QED) is 0.612. The molecule has 0 amide bonds. The van der Waals surface area contributed by atoms with Gasteiger partial charge in [0, 0.05) is 0 Å². The molecule has 15 heavy (non-hydrogen) atoms. The monoisotopic (exact) mass is 207 g/mol. The number of hydrogen-bond acceptors (Lipinski definition) is 0. The van der Waals surface area contributed by atoms with Crippen molar-refractivity contribution in [1.82, 2.24) is 0 Å². The largest absolute Gasteiger partial charge is 0.0533 e. The molecule has 2 rings (SSSR count). The molecule has 0 N–H and O–H groups in total. The summed E-state index contributed by atoms with van der Waals surface area (Å²) in [6.07, 6.45) is 16.2. The van der Waals surface area contributed by atoms with Crippen LogP contribution in [0.2, 0.25) is 0 Å². The molecule has 0 heterocycles. The highest BCUT2D eigenvalue weighted by Crippen LogP contribution is 2.41. The predicted octanol–water partition coefficient (Wildman–Crippen LogP) is 4.99. The highest BCUT2D eigenvalue weighted by atomic mass is 14.3. The lowest BCUT2D eigenvalue weighted by molar-refractivity contribution is 0.145. The van der Waals surface area contributed by atoms with Crippen LogP contribution >= 0.6 is 0 Å². The Kier molecular flexibility index (Phi) is 4.53. The Balaban J connectivity index is 1.88. The first-order valence-electron chi connectivity index (χ1n) is 7.21. The molecule has 0 aromatic rings. The van der Waals surface area contributed by atoms with E-state index in [9.17, 15) is 0 Å². The van der Waals surface area contributed by atoms with Crippen molar-refractivity contribution in [3.05, 3.63) is 6.92 Å². The van der Waals surface area contributed by atoms with Crippen LogP contribution in [0.4, 0.5) is 0 Å². The lowest BCUT2D eigenvalue weighted by Gasteiger charge is -2.37. The normalized spacial score (nSPS) is 26.0. The summed E-state index contributed by atoms with van der Waals surface area (Å²) in [5.74, 6) is 3.06. The molecule has 2 aliphatic carbocycles. The molecule has 0 heteroatoms. The highest BCUT2D eigenvalue weighted by Gasteiger charge is 2.29. The van der Waals surface area contributed by atoms with Gasteiger partial charge in [-0.1, -0.05) is 71.1 Å². The van der Waals surface area contributed by atoms with Crippen molar-refractivity contribution in [2.24, 2.45) is 17.8 Å². The van der Waals surface area contributed by atoms with E-state index >= 15 is 0 Å². The van der Waals surface area contributed by atoms with Gasteiger partial charge in [0.1, 0.15) is 0 Å². The summed E-state index contributed by atoms with van der Waals surface area (Å²) >= 11 is 0. The standard InChI is InChI=1S/C15H27/c1-2-15(13-9-5-3-6-10-13)14-11-7-4-8-12-14/h13-15H,1-12H2. The molecular weight excluding hydrogens is 180 g/mol. The maximum Gasteiger partial charge on any atom is -0.0357 e. The number of hydrogen-bond donors (Lipinski definition) is 0. The molecule has 87 valence electrons. The molecule has 0 atom stereocenters. The zero-order chi connectivity index (χ0) is 10.5. The van der Waals surface area contributed by atoms with Crippen molar-refractivity contribution >= 4 is 0 Å². The van der Waals surface area contributed by atoms with Gasteiger partial charge in [0.05, 0.1) is 0 Å². The lowest BCUT2D eigenvalue weighted by Crippen LogP contribution is -2.26. The van der Waals surface area contributed by atoms with Gasteiger partial charge >= 0.3 is 0 Å². The Morgan fingerprint density at radius 1 is 0.733 bits per heavy atom. The fourth-order valence-electron chi connectivity index (χ4n) is 3.98. The van der Waals surface area contributed by atoms with Crippen LogP contribution in [-0.2, 0) is 0 Å². The van der Waals surface area contributed by atoms with E-state index in [2.05, 4.69) is 6.92 Å². The zero-order valence-electron chi connectivity index (χ0n) is 10.2. The second-order valence-electron chi connectivity index (χ2n) is 5.75. The molecule has 0 bridgehead atoms. The van der Waals surface area contributed by atoms with Crippen molar-refractivity contribution in [3.63, 3.8) is 0 Å². The van der Waals surface area contributed by atoms with Gasteiger partial charge in [-0.25, -0.2) is 0 Å². The SMILES string of the molecule is [CH2]CC(C1CCCCC1)C1CCCCC1. The average molecular weight is 207 g/mol. The van der Waals surface area contributed by atoms with E-state index in [4.69, 9.17) is 0 Å². The van der Waals surface area contributed by atoms with Crippen molar-refractivity contribution in [3.8, 4) is 0 Å². The van der Waals surface area contributed by atoms with E-state index in [0.717, 1.165) is 17.8 Å². The smallest absolute Gasteiger partial charge is 0.0357 e. The summed E-state index contributed by atoms with van der Waals surface area (Å²) in [7, 11) is 0. The summed E-state index contributed by atoms with van der Waals surface area (Å²) in [4.78, 5) is 0. The minimum absolute atomic E-state index is 0.977. The first-order chi connectivity index (χ1) is 7.42. The van der Waals surface area contributed by atoms with Gasteiger partial charge < -0.3 is 0 Å². The van der Waals surface area contributed by atoms with Crippen LogP contribution in [0.5, 0.6) is 0 Å². The van der Waals surface area contributed by atoms with Crippen molar-refractivity contribution < 1.29 is 0 Å². The summed E-state index contributed by atoms with van der Waals surface area (Å²) in [5, 5.41) is 0. The van der Waals surface area contributed by atoms with Crippen LogP contribution in [0.1, 0.15) is 70.6 Å². The fraction of sp³-hybridized carbons (Fsp3) is 0.933. The van der Waals surface area contributed by atoms with Gasteiger partial charge in [-0.3, -0.25) is 0 Å². The molecule has 2 aliphatic rings. The van der Waals surface area contributed by atoms with Gasteiger partial charge in [-0.2, -0.15) is 0 Å². The van der Waals surface area contributed by atoms with E-state index in [1.807, 2.05) is 0 Å². The van der Waals surface area contributed by atoms with Crippen LogP contribution < -0.4 is 0 Å². The Bertz CT molecular complexity index is 143. The second kappa shape index (κ2) is 5.92. The predicted molar refractivity (Wildman–Crippen MR) is 66.6 cm³/mol. The van der Waals surface area contributed by atoms with E-state index in [1.54, 1.807) is 0 Å². The van der Waals surface area contributed by atoms with Crippen molar-refractivity contribution in [2.75, 3.05) is 0 Å². The Hall–Kier alpha value is 0. The topological polar surface area (TPSA) is 0 Å².